The molecule has 2 aromatic carbocycles. The van der Waals surface area contributed by atoms with Crippen LogP contribution in [0, 0.1) is 36.4 Å². The molecule has 0 bridgehead atoms. The number of amides is 3. The van der Waals surface area contributed by atoms with Crippen LogP contribution in [0.5, 0.6) is 5.75 Å². The van der Waals surface area contributed by atoms with Gasteiger partial charge in [0, 0.05) is 18.7 Å². The zero-order chi connectivity index (χ0) is 24.9. The lowest BCUT2D eigenvalue weighted by atomic mass is 9.78. The van der Waals surface area contributed by atoms with E-state index in [4.69, 9.17) is 4.74 Å². The average Bonchev–Trinajstić information content (AvgIpc) is 3.33. The van der Waals surface area contributed by atoms with E-state index in [1.54, 1.807) is 25.1 Å². The molecule has 35 heavy (non-hydrogen) atoms. The lowest BCUT2D eigenvalue weighted by Gasteiger charge is -2.22. The number of aryl methyl sites for hydroxylation is 1. The van der Waals surface area contributed by atoms with Crippen LogP contribution in [0.4, 0.5) is 15.8 Å². The Morgan fingerprint density at radius 3 is 2.49 bits per heavy atom. The third-order valence-corrected chi connectivity index (χ3v) is 7.10. The smallest absolute Gasteiger partial charge is 0.316 e. The second-order valence-electron chi connectivity index (χ2n) is 9.42. The van der Waals surface area contributed by atoms with E-state index in [2.05, 4.69) is 0 Å². The molecular weight excluding hydrogens is 451 g/mol. The number of benzene rings is 2. The van der Waals surface area contributed by atoms with E-state index in [1.807, 2.05) is 19.1 Å². The minimum absolute atomic E-state index is 0.000619. The Morgan fingerprint density at radius 1 is 1.06 bits per heavy atom. The molecule has 0 spiro atoms. The van der Waals surface area contributed by atoms with Gasteiger partial charge in [-0.05, 0) is 67.3 Å². The summed E-state index contributed by atoms with van der Waals surface area (Å²) in [4.78, 5) is 54.0. The number of halogens is 1. The Balaban J connectivity index is 1.28. The molecule has 180 valence electrons. The Labute approximate surface area is 202 Å². The number of fused-ring (bicyclic) bond motifs is 1. The van der Waals surface area contributed by atoms with Gasteiger partial charge < -0.3 is 9.64 Å². The molecule has 3 aliphatic rings. The molecule has 0 radical (unpaired) electrons. The number of esters is 1. The third-order valence-electron chi connectivity index (χ3n) is 7.10. The van der Waals surface area contributed by atoms with Crippen LogP contribution in [-0.2, 0) is 19.2 Å². The van der Waals surface area contributed by atoms with E-state index in [9.17, 15) is 23.6 Å². The third kappa shape index (κ3) is 4.03. The maximum absolute atomic E-state index is 13.2. The van der Waals surface area contributed by atoms with Crippen molar-refractivity contribution in [3.05, 3.63) is 66.0 Å². The van der Waals surface area contributed by atoms with Crippen LogP contribution in [0.25, 0.3) is 0 Å². The predicted molar refractivity (Wildman–Crippen MR) is 126 cm³/mol. The molecule has 2 saturated heterocycles. The van der Waals surface area contributed by atoms with Crippen LogP contribution in [0.2, 0.25) is 0 Å². The minimum atomic E-state index is -0.661. The van der Waals surface area contributed by atoms with Crippen molar-refractivity contribution in [1.29, 1.82) is 0 Å². The average molecular weight is 477 g/mol. The molecule has 3 amide bonds. The molecule has 1 aliphatic carbocycles. The lowest BCUT2D eigenvalue weighted by molar-refractivity contribution is -0.139. The molecule has 0 unspecified atom stereocenters. The summed E-state index contributed by atoms with van der Waals surface area (Å²) in [6.45, 7) is 3.85. The van der Waals surface area contributed by atoms with Crippen LogP contribution < -0.4 is 14.5 Å². The highest BCUT2D eigenvalue weighted by atomic mass is 19.1. The quantitative estimate of drug-likeness (QED) is 0.290. The summed E-state index contributed by atoms with van der Waals surface area (Å²) < 4.78 is 18.7. The largest absolute Gasteiger partial charge is 0.426 e. The summed E-state index contributed by atoms with van der Waals surface area (Å²) in [7, 11) is 0. The van der Waals surface area contributed by atoms with Crippen molar-refractivity contribution in [3.8, 4) is 5.75 Å². The van der Waals surface area contributed by atoms with E-state index in [0.717, 1.165) is 0 Å². The number of carbonyl (C=O) groups excluding carboxylic acids is 4. The van der Waals surface area contributed by atoms with Gasteiger partial charge in [-0.3, -0.25) is 19.2 Å². The van der Waals surface area contributed by atoms with Gasteiger partial charge >= 0.3 is 5.97 Å². The minimum Gasteiger partial charge on any atom is -0.426 e. The van der Waals surface area contributed by atoms with Gasteiger partial charge in [0.25, 0.3) is 0 Å². The molecule has 5 rings (SSSR count). The Kier molecular flexibility index (Phi) is 5.75. The molecule has 2 heterocycles. The standard InChI is InChI=1S/C27H25FN2O5/c1-15-4-3-5-21-24(15)26(33)30(25(21)32)22-11-10-20(12-16(22)2)35-27(34)17-13-23(31)29(14-17)19-8-6-18(28)7-9-19/h3-4,6-12,15,17,21,24H,5,13-14H2,1-2H3/t15-,17-,21-,24-/m1/s1. The highest BCUT2D eigenvalue weighted by Crippen LogP contribution is 2.41. The summed E-state index contributed by atoms with van der Waals surface area (Å²) in [5, 5.41) is 0. The maximum atomic E-state index is 13.2. The number of nitrogens with zero attached hydrogens (tertiary/aromatic N) is 2. The molecule has 4 atom stereocenters. The Hall–Kier alpha value is -3.81. The molecule has 8 heteroatoms. The fraction of sp³-hybridized carbons (Fsp3) is 0.333. The molecule has 0 saturated carbocycles. The van der Waals surface area contributed by atoms with Gasteiger partial charge in [-0.2, -0.15) is 0 Å². The Morgan fingerprint density at radius 2 is 1.80 bits per heavy atom. The highest BCUT2D eigenvalue weighted by Gasteiger charge is 2.50. The maximum Gasteiger partial charge on any atom is 0.316 e. The first-order chi connectivity index (χ1) is 16.7. The van der Waals surface area contributed by atoms with Gasteiger partial charge in [0.1, 0.15) is 11.6 Å². The van der Waals surface area contributed by atoms with Gasteiger partial charge in [0.05, 0.1) is 23.4 Å². The van der Waals surface area contributed by atoms with Crippen LogP contribution in [0.1, 0.15) is 25.3 Å². The zero-order valence-corrected chi connectivity index (χ0v) is 19.4. The van der Waals surface area contributed by atoms with Crippen LogP contribution in [-0.4, -0.2) is 30.2 Å². The van der Waals surface area contributed by atoms with E-state index in [1.165, 1.54) is 34.1 Å². The van der Waals surface area contributed by atoms with E-state index in [-0.39, 0.29) is 54.2 Å². The van der Waals surface area contributed by atoms with Crippen molar-refractivity contribution < 1.29 is 28.3 Å². The second-order valence-corrected chi connectivity index (χ2v) is 9.42. The summed E-state index contributed by atoms with van der Waals surface area (Å²) >= 11 is 0. The van der Waals surface area contributed by atoms with Gasteiger partial charge in [-0.15, -0.1) is 0 Å². The number of allylic oxidation sites excluding steroid dienone is 2. The zero-order valence-electron chi connectivity index (χ0n) is 19.4. The first kappa shape index (κ1) is 23.0. The van der Waals surface area contributed by atoms with Gasteiger partial charge in [-0.1, -0.05) is 19.1 Å². The number of hydrogen-bond donors (Lipinski definition) is 0. The normalized spacial score (nSPS) is 25.9. The topological polar surface area (TPSA) is 84.0 Å². The van der Waals surface area contributed by atoms with E-state index in [0.29, 0.717) is 23.4 Å². The number of carbonyl (C=O) groups is 4. The number of rotatable bonds is 4. The van der Waals surface area contributed by atoms with Crippen molar-refractivity contribution in [1.82, 2.24) is 0 Å². The number of ether oxygens (including phenoxy) is 1. The molecule has 7 nitrogen and oxygen atoms in total. The summed E-state index contributed by atoms with van der Waals surface area (Å²) in [6, 6.07) is 10.3. The lowest BCUT2D eigenvalue weighted by Crippen LogP contribution is -2.32. The fourth-order valence-electron chi connectivity index (χ4n) is 5.26. The first-order valence-corrected chi connectivity index (χ1v) is 11.7. The van der Waals surface area contributed by atoms with Crippen molar-refractivity contribution in [2.45, 2.75) is 26.7 Å². The van der Waals surface area contributed by atoms with Crippen molar-refractivity contribution in [2.75, 3.05) is 16.3 Å². The van der Waals surface area contributed by atoms with Crippen molar-refractivity contribution in [2.24, 2.45) is 23.7 Å². The van der Waals surface area contributed by atoms with Crippen LogP contribution in [0.3, 0.4) is 0 Å². The van der Waals surface area contributed by atoms with E-state index >= 15 is 0 Å². The SMILES string of the molecule is Cc1cc(OC(=O)[C@@H]2CC(=O)N(c3ccc(F)cc3)C2)ccc1N1C(=O)[C@@H]2[C@H](C)C=CC[C@H]2C1=O. The molecule has 0 N–H and O–H groups in total. The fourth-order valence-corrected chi connectivity index (χ4v) is 5.26. The highest BCUT2D eigenvalue weighted by molar-refractivity contribution is 6.22. The van der Waals surface area contributed by atoms with Gasteiger partial charge in [-0.25, -0.2) is 9.29 Å². The van der Waals surface area contributed by atoms with Crippen molar-refractivity contribution >= 4 is 35.1 Å². The predicted octanol–water partition coefficient (Wildman–Crippen LogP) is 3.79. The van der Waals surface area contributed by atoms with Crippen LogP contribution >= 0.6 is 0 Å². The monoisotopic (exact) mass is 476 g/mol. The van der Waals surface area contributed by atoms with Gasteiger partial charge in [0.15, 0.2) is 0 Å². The summed E-state index contributed by atoms with van der Waals surface area (Å²) in [5.41, 5.74) is 1.64. The van der Waals surface area contributed by atoms with Crippen LogP contribution in [0.15, 0.2) is 54.6 Å². The summed E-state index contributed by atoms with van der Waals surface area (Å²) in [5.74, 6) is -2.67. The first-order valence-electron chi connectivity index (χ1n) is 11.7. The molecular formula is C27H25FN2O5. The number of hydrogen-bond acceptors (Lipinski definition) is 5. The van der Waals surface area contributed by atoms with E-state index < -0.39 is 17.7 Å². The molecule has 2 aromatic rings. The molecule has 2 fully saturated rings. The number of anilines is 2. The molecule has 0 aromatic heterocycles. The number of imide groups is 1. The Bertz CT molecular complexity index is 1250. The van der Waals surface area contributed by atoms with Crippen molar-refractivity contribution in [3.63, 3.8) is 0 Å². The second kappa shape index (κ2) is 8.76. The molecule has 2 aliphatic heterocycles. The van der Waals surface area contributed by atoms with Gasteiger partial charge in [0.2, 0.25) is 17.7 Å². The summed E-state index contributed by atoms with van der Waals surface area (Å²) in [6.07, 6.45) is 4.50.